The second-order valence-corrected chi connectivity index (χ2v) is 8.00. The third kappa shape index (κ3) is 5.72. The smallest absolute Gasteiger partial charge is 0.269 e. The summed E-state index contributed by atoms with van der Waals surface area (Å²) >= 11 is 23.9. The number of alkyl halides is 3. The second-order valence-electron chi connectivity index (χ2n) is 5.22. The molecule has 6 nitrogen and oxygen atoms in total. The molecule has 2 aromatic rings. The standard InChI is InChI=1S/C16H13Cl4N3O3/c17-13-4-2-1-3-11(13)9-21-15(16(18,19)20)22-14(24)10-5-7-12(8-6-10)23(25)26/h1-8,15,21H,9H2,(H,22,24)/t15-/m1/s1. The van der Waals surface area contributed by atoms with E-state index in [9.17, 15) is 14.9 Å². The summed E-state index contributed by atoms with van der Waals surface area (Å²) in [5, 5.41) is 16.7. The molecule has 26 heavy (non-hydrogen) atoms. The number of halogens is 4. The quantitative estimate of drug-likeness (QED) is 0.303. The van der Waals surface area contributed by atoms with Crippen LogP contribution in [-0.4, -0.2) is 20.8 Å². The normalized spacial score (nSPS) is 12.5. The van der Waals surface area contributed by atoms with Gasteiger partial charge < -0.3 is 5.32 Å². The van der Waals surface area contributed by atoms with Crippen LogP contribution in [0.4, 0.5) is 5.69 Å². The van der Waals surface area contributed by atoms with Crippen LogP contribution in [0.2, 0.25) is 5.02 Å². The maximum atomic E-state index is 12.3. The van der Waals surface area contributed by atoms with Gasteiger partial charge in [0, 0.05) is 29.3 Å². The lowest BCUT2D eigenvalue weighted by molar-refractivity contribution is -0.384. The van der Waals surface area contributed by atoms with Gasteiger partial charge >= 0.3 is 0 Å². The van der Waals surface area contributed by atoms with Gasteiger partial charge in [-0.1, -0.05) is 64.6 Å². The Labute approximate surface area is 169 Å². The van der Waals surface area contributed by atoms with E-state index in [4.69, 9.17) is 46.4 Å². The molecule has 0 saturated heterocycles. The first-order valence-electron chi connectivity index (χ1n) is 7.27. The van der Waals surface area contributed by atoms with Crippen molar-refractivity contribution in [1.29, 1.82) is 0 Å². The van der Waals surface area contributed by atoms with Crippen LogP contribution in [0.5, 0.6) is 0 Å². The van der Waals surface area contributed by atoms with Crippen molar-refractivity contribution in [2.24, 2.45) is 0 Å². The van der Waals surface area contributed by atoms with E-state index in [0.717, 1.165) is 5.56 Å². The minimum Gasteiger partial charge on any atom is -0.333 e. The Morgan fingerprint density at radius 1 is 1.12 bits per heavy atom. The number of nitrogens with zero attached hydrogens (tertiary/aromatic N) is 1. The molecule has 0 spiro atoms. The molecular weight excluding hydrogens is 424 g/mol. The van der Waals surface area contributed by atoms with Crippen molar-refractivity contribution in [3.8, 4) is 0 Å². The Morgan fingerprint density at radius 3 is 2.27 bits per heavy atom. The van der Waals surface area contributed by atoms with Crippen LogP contribution >= 0.6 is 46.4 Å². The molecule has 0 aliphatic carbocycles. The molecule has 1 atom stereocenters. The summed E-state index contributed by atoms with van der Waals surface area (Å²) in [5.41, 5.74) is 0.823. The molecule has 138 valence electrons. The number of nitro groups is 1. The molecule has 10 heteroatoms. The molecule has 0 radical (unpaired) electrons. The highest BCUT2D eigenvalue weighted by molar-refractivity contribution is 6.68. The summed E-state index contributed by atoms with van der Waals surface area (Å²) in [6.45, 7) is 0.249. The van der Waals surface area contributed by atoms with Crippen LogP contribution in [-0.2, 0) is 6.54 Å². The molecule has 1 amide bonds. The van der Waals surface area contributed by atoms with E-state index in [2.05, 4.69) is 10.6 Å². The molecule has 0 aliphatic rings. The molecule has 0 aliphatic heterocycles. The lowest BCUT2D eigenvalue weighted by atomic mass is 10.2. The number of non-ortho nitro benzene ring substituents is 1. The molecule has 2 N–H and O–H groups in total. The molecule has 0 bridgehead atoms. The molecule has 0 heterocycles. The fourth-order valence-electron chi connectivity index (χ4n) is 2.05. The number of nitro benzene ring substituents is 1. The van der Waals surface area contributed by atoms with Gasteiger partial charge in [-0.05, 0) is 23.8 Å². The van der Waals surface area contributed by atoms with Crippen LogP contribution in [0, 0.1) is 10.1 Å². The van der Waals surface area contributed by atoms with E-state index < -0.39 is 20.8 Å². The first-order chi connectivity index (χ1) is 12.2. The third-order valence-electron chi connectivity index (χ3n) is 3.40. The van der Waals surface area contributed by atoms with E-state index in [-0.39, 0.29) is 17.8 Å². The van der Waals surface area contributed by atoms with E-state index in [0.29, 0.717) is 5.02 Å². The van der Waals surface area contributed by atoms with Crippen LogP contribution in [0.3, 0.4) is 0 Å². The number of amides is 1. The summed E-state index contributed by atoms with van der Waals surface area (Å²) in [6.07, 6.45) is -1.02. The van der Waals surface area contributed by atoms with Crippen LogP contribution in [0.1, 0.15) is 15.9 Å². The number of nitrogens with one attached hydrogen (secondary N) is 2. The molecular formula is C16H13Cl4N3O3. The zero-order valence-electron chi connectivity index (χ0n) is 13.1. The van der Waals surface area contributed by atoms with E-state index >= 15 is 0 Å². The summed E-state index contributed by atoms with van der Waals surface area (Å²) in [6, 6.07) is 12.2. The van der Waals surface area contributed by atoms with Crippen molar-refractivity contribution in [1.82, 2.24) is 10.6 Å². The summed E-state index contributed by atoms with van der Waals surface area (Å²) in [7, 11) is 0. The Balaban J connectivity index is 2.08. The summed E-state index contributed by atoms with van der Waals surface area (Å²) < 4.78 is -1.84. The molecule has 2 rings (SSSR count). The molecule has 0 saturated carbocycles. The van der Waals surface area contributed by atoms with Gasteiger partial charge in [-0.15, -0.1) is 0 Å². The van der Waals surface area contributed by atoms with Gasteiger partial charge in [0.2, 0.25) is 3.79 Å². The fourth-order valence-corrected chi connectivity index (χ4v) is 2.65. The minimum absolute atomic E-state index is 0.128. The van der Waals surface area contributed by atoms with Gasteiger partial charge in [0.15, 0.2) is 0 Å². The Hall–Kier alpha value is -1.57. The Morgan fingerprint density at radius 2 is 1.73 bits per heavy atom. The third-order valence-corrected chi connectivity index (χ3v) is 4.42. The maximum absolute atomic E-state index is 12.3. The van der Waals surface area contributed by atoms with Gasteiger partial charge in [0.05, 0.1) is 4.92 Å². The number of benzene rings is 2. The van der Waals surface area contributed by atoms with Crippen molar-refractivity contribution >= 4 is 58.0 Å². The van der Waals surface area contributed by atoms with E-state index in [1.165, 1.54) is 24.3 Å². The lowest BCUT2D eigenvalue weighted by Crippen LogP contribution is -2.53. The molecule has 0 unspecified atom stereocenters. The van der Waals surface area contributed by atoms with Crippen molar-refractivity contribution in [3.63, 3.8) is 0 Å². The number of hydrogen-bond donors (Lipinski definition) is 2. The SMILES string of the molecule is O=C(N[C@@H](NCc1ccccc1Cl)C(Cl)(Cl)Cl)c1ccc([N+](=O)[O-])cc1. The minimum atomic E-state index is -1.84. The predicted octanol–water partition coefficient (Wildman–Crippen LogP) is 4.46. The van der Waals surface area contributed by atoms with Crippen molar-refractivity contribution in [2.75, 3.05) is 0 Å². The highest BCUT2D eigenvalue weighted by Crippen LogP contribution is 2.30. The van der Waals surface area contributed by atoms with Gasteiger partial charge in [0.1, 0.15) is 6.17 Å². The van der Waals surface area contributed by atoms with Crippen molar-refractivity contribution in [3.05, 3.63) is 74.8 Å². The Bertz CT molecular complexity index is 794. The average Bonchev–Trinajstić information content (AvgIpc) is 2.58. The summed E-state index contributed by atoms with van der Waals surface area (Å²) in [4.78, 5) is 22.5. The highest BCUT2D eigenvalue weighted by atomic mass is 35.6. The Kier molecular flexibility index (Phi) is 7.08. The molecule has 0 fully saturated rings. The average molecular weight is 437 g/mol. The number of hydrogen-bond acceptors (Lipinski definition) is 4. The van der Waals surface area contributed by atoms with Crippen molar-refractivity contribution < 1.29 is 9.72 Å². The molecule has 2 aromatic carbocycles. The zero-order chi connectivity index (χ0) is 19.3. The zero-order valence-corrected chi connectivity index (χ0v) is 16.1. The fraction of sp³-hybridized carbons (Fsp3) is 0.188. The first kappa shape index (κ1) is 20.7. The van der Waals surface area contributed by atoms with E-state index in [1.807, 2.05) is 6.07 Å². The van der Waals surface area contributed by atoms with Crippen LogP contribution < -0.4 is 10.6 Å². The topological polar surface area (TPSA) is 84.3 Å². The van der Waals surface area contributed by atoms with Gasteiger partial charge in [-0.2, -0.15) is 0 Å². The number of rotatable bonds is 6. The van der Waals surface area contributed by atoms with Crippen LogP contribution in [0.15, 0.2) is 48.5 Å². The first-order valence-corrected chi connectivity index (χ1v) is 8.78. The van der Waals surface area contributed by atoms with Crippen molar-refractivity contribution in [2.45, 2.75) is 16.5 Å². The van der Waals surface area contributed by atoms with Crippen LogP contribution in [0.25, 0.3) is 0 Å². The number of carbonyl (C=O) groups is 1. The highest BCUT2D eigenvalue weighted by Gasteiger charge is 2.34. The predicted molar refractivity (Wildman–Crippen MR) is 103 cm³/mol. The lowest BCUT2D eigenvalue weighted by Gasteiger charge is -2.27. The van der Waals surface area contributed by atoms with Gasteiger partial charge in [-0.25, -0.2) is 0 Å². The summed E-state index contributed by atoms with van der Waals surface area (Å²) in [5.74, 6) is -0.553. The van der Waals surface area contributed by atoms with Gasteiger partial charge in [0.25, 0.3) is 11.6 Å². The molecule has 0 aromatic heterocycles. The van der Waals surface area contributed by atoms with E-state index in [1.54, 1.807) is 18.2 Å². The largest absolute Gasteiger partial charge is 0.333 e. The monoisotopic (exact) mass is 435 g/mol. The second kappa shape index (κ2) is 8.88. The number of carbonyl (C=O) groups excluding carboxylic acids is 1. The van der Waals surface area contributed by atoms with Gasteiger partial charge in [-0.3, -0.25) is 20.2 Å². The maximum Gasteiger partial charge on any atom is 0.269 e.